The first-order chi connectivity index (χ1) is 6.45. The molecule has 1 nitrogen and oxygen atoms in total. The number of rotatable bonds is 2. The molecule has 2 rings (SSSR count). The maximum atomic E-state index is 3.30. The van der Waals surface area contributed by atoms with Crippen molar-refractivity contribution in [2.75, 3.05) is 5.32 Å². The Hall–Kier alpha value is -1.41. The Labute approximate surface area is 91.2 Å². The van der Waals surface area contributed by atoms with Crippen LogP contribution < -0.4 is 5.32 Å². The molecular formula is C12H13NS. The van der Waals surface area contributed by atoms with E-state index in [4.69, 9.17) is 0 Å². The second-order valence-corrected chi connectivity index (χ2v) is 2.86. The van der Waals surface area contributed by atoms with Crippen molar-refractivity contribution in [3.63, 3.8) is 0 Å². The van der Waals surface area contributed by atoms with Crippen molar-refractivity contribution in [2.24, 2.45) is 0 Å². The molecule has 1 N–H and O–H groups in total. The van der Waals surface area contributed by atoms with E-state index >= 15 is 0 Å². The fourth-order valence-corrected chi connectivity index (χ4v) is 1.21. The summed E-state index contributed by atoms with van der Waals surface area (Å²) in [7, 11) is 0. The normalized spacial score (nSPS) is 8.86. The highest BCUT2D eigenvalue weighted by atomic mass is 32.1. The summed E-state index contributed by atoms with van der Waals surface area (Å²) < 4.78 is 0. The summed E-state index contributed by atoms with van der Waals surface area (Å²) >= 11 is 0. The number of hydrogen-bond acceptors (Lipinski definition) is 1. The molecule has 0 bridgehead atoms. The van der Waals surface area contributed by atoms with Gasteiger partial charge >= 0.3 is 0 Å². The Morgan fingerprint density at radius 2 is 0.929 bits per heavy atom. The molecule has 0 unspecified atom stereocenters. The van der Waals surface area contributed by atoms with E-state index in [9.17, 15) is 0 Å². The smallest absolute Gasteiger partial charge is 0.0384 e. The molecule has 0 spiro atoms. The van der Waals surface area contributed by atoms with Gasteiger partial charge in [0, 0.05) is 11.4 Å². The summed E-state index contributed by atoms with van der Waals surface area (Å²) in [5.74, 6) is 0. The van der Waals surface area contributed by atoms with E-state index in [2.05, 4.69) is 5.32 Å². The summed E-state index contributed by atoms with van der Waals surface area (Å²) in [4.78, 5) is 0. The average molecular weight is 203 g/mol. The molecule has 0 aliphatic heterocycles. The monoisotopic (exact) mass is 203 g/mol. The summed E-state index contributed by atoms with van der Waals surface area (Å²) in [5.41, 5.74) is 2.24. The fourth-order valence-electron chi connectivity index (χ4n) is 1.21. The van der Waals surface area contributed by atoms with E-state index in [1.165, 1.54) is 0 Å². The first kappa shape index (κ1) is 10.7. The molecule has 0 radical (unpaired) electrons. The molecule has 2 aromatic rings. The number of anilines is 2. The highest BCUT2D eigenvalue weighted by molar-refractivity contribution is 7.59. The predicted octanol–water partition coefficient (Wildman–Crippen LogP) is 3.54. The summed E-state index contributed by atoms with van der Waals surface area (Å²) in [6.07, 6.45) is 0. The highest BCUT2D eigenvalue weighted by Crippen LogP contribution is 2.14. The third-order valence-corrected chi connectivity index (χ3v) is 1.84. The minimum absolute atomic E-state index is 0. The molecule has 0 saturated heterocycles. The summed E-state index contributed by atoms with van der Waals surface area (Å²) in [6.45, 7) is 0. The Kier molecular flexibility index (Phi) is 4.08. The Bertz CT molecular complexity index is 321. The molecule has 0 fully saturated rings. The standard InChI is InChI=1S/C12H11N.H2S/c1-3-7-11(8-4-1)13-12-9-5-2-6-10-12;/h1-10,13H;1H2. The van der Waals surface area contributed by atoms with Crippen LogP contribution in [0.2, 0.25) is 0 Å². The zero-order valence-electron chi connectivity index (χ0n) is 7.77. The van der Waals surface area contributed by atoms with Crippen molar-refractivity contribution in [2.45, 2.75) is 0 Å². The third kappa shape index (κ3) is 2.82. The van der Waals surface area contributed by atoms with Gasteiger partial charge < -0.3 is 5.32 Å². The highest BCUT2D eigenvalue weighted by Gasteiger charge is 1.89. The first-order valence-electron chi connectivity index (χ1n) is 4.32. The van der Waals surface area contributed by atoms with Gasteiger partial charge in [-0.3, -0.25) is 0 Å². The van der Waals surface area contributed by atoms with Gasteiger partial charge in [-0.05, 0) is 24.3 Å². The molecule has 0 amide bonds. The van der Waals surface area contributed by atoms with Gasteiger partial charge in [0.1, 0.15) is 0 Å². The molecule has 2 heteroatoms. The number of hydrogen-bond donors (Lipinski definition) is 1. The SMILES string of the molecule is S.c1ccc(Nc2ccccc2)cc1. The molecule has 14 heavy (non-hydrogen) atoms. The van der Waals surface area contributed by atoms with Crippen LogP contribution in [0.25, 0.3) is 0 Å². The molecular weight excluding hydrogens is 190 g/mol. The topological polar surface area (TPSA) is 12.0 Å². The quantitative estimate of drug-likeness (QED) is 0.787. The van der Waals surface area contributed by atoms with Crippen molar-refractivity contribution in [3.8, 4) is 0 Å². The van der Waals surface area contributed by atoms with Crippen LogP contribution in [0.5, 0.6) is 0 Å². The van der Waals surface area contributed by atoms with Crippen LogP contribution in [0.3, 0.4) is 0 Å². The molecule has 2 aromatic carbocycles. The maximum absolute atomic E-state index is 3.30. The van der Waals surface area contributed by atoms with Gasteiger partial charge in [0.15, 0.2) is 0 Å². The van der Waals surface area contributed by atoms with Crippen LogP contribution in [0.15, 0.2) is 60.7 Å². The van der Waals surface area contributed by atoms with Gasteiger partial charge in [0.25, 0.3) is 0 Å². The maximum Gasteiger partial charge on any atom is 0.0384 e. The minimum Gasteiger partial charge on any atom is -0.356 e. The molecule has 72 valence electrons. The van der Waals surface area contributed by atoms with E-state index < -0.39 is 0 Å². The molecule has 0 aliphatic carbocycles. The van der Waals surface area contributed by atoms with Crippen molar-refractivity contribution in [1.82, 2.24) is 0 Å². The van der Waals surface area contributed by atoms with E-state index in [-0.39, 0.29) is 13.5 Å². The molecule has 0 heterocycles. The van der Waals surface area contributed by atoms with Gasteiger partial charge in [0.05, 0.1) is 0 Å². The second kappa shape index (κ2) is 5.35. The Morgan fingerprint density at radius 3 is 1.29 bits per heavy atom. The van der Waals surface area contributed by atoms with Crippen molar-refractivity contribution < 1.29 is 0 Å². The van der Waals surface area contributed by atoms with Gasteiger partial charge in [-0.15, -0.1) is 0 Å². The largest absolute Gasteiger partial charge is 0.356 e. The fraction of sp³-hybridized carbons (Fsp3) is 0. The van der Waals surface area contributed by atoms with Crippen LogP contribution in [0.4, 0.5) is 11.4 Å². The molecule has 0 aliphatic rings. The van der Waals surface area contributed by atoms with Crippen LogP contribution in [-0.2, 0) is 0 Å². The summed E-state index contributed by atoms with van der Waals surface area (Å²) in [6, 6.07) is 20.3. The zero-order chi connectivity index (χ0) is 8.93. The van der Waals surface area contributed by atoms with Crippen molar-refractivity contribution in [1.29, 1.82) is 0 Å². The second-order valence-electron chi connectivity index (χ2n) is 2.86. The average Bonchev–Trinajstić information content (AvgIpc) is 2.21. The molecule has 0 aromatic heterocycles. The molecule has 0 saturated carbocycles. The first-order valence-corrected chi connectivity index (χ1v) is 4.32. The minimum atomic E-state index is 0. The number of benzene rings is 2. The van der Waals surface area contributed by atoms with Gasteiger partial charge in [-0.1, -0.05) is 36.4 Å². The Balaban J connectivity index is 0.000000980. The van der Waals surface area contributed by atoms with Crippen LogP contribution in [-0.4, -0.2) is 0 Å². The lowest BCUT2D eigenvalue weighted by Crippen LogP contribution is -1.87. The lowest BCUT2D eigenvalue weighted by molar-refractivity contribution is 1.55. The lowest BCUT2D eigenvalue weighted by atomic mass is 10.3. The van der Waals surface area contributed by atoms with Gasteiger partial charge in [0.2, 0.25) is 0 Å². The van der Waals surface area contributed by atoms with Crippen LogP contribution >= 0.6 is 13.5 Å². The zero-order valence-corrected chi connectivity index (χ0v) is 8.77. The third-order valence-electron chi connectivity index (χ3n) is 1.84. The van der Waals surface area contributed by atoms with E-state index in [0.29, 0.717) is 0 Å². The van der Waals surface area contributed by atoms with E-state index in [0.717, 1.165) is 11.4 Å². The van der Waals surface area contributed by atoms with Gasteiger partial charge in [-0.25, -0.2) is 0 Å². The van der Waals surface area contributed by atoms with Crippen molar-refractivity contribution >= 4 is 24.9 Å². The van der Waals surface area contributed by atoms with Gasteiger partial charge in [-0.2, -0.15) is 13.5 Å². The van der Waals surface area contributed by atoms with Crippen LogP contribution in [0.1, 0.15) is 0 Å². The van der Waals surface area contributed by atoms with Crippen LogP contribution in [0, 0.1) is 0 Å². The summed E-state index contributed by atoms with van der Waals surface area (Å²) in [5, 5.41) is 3.30. The predicted molar refractivity (Wildman–Crippen MR) is 66.5 cm³/mol. The van der Waals surface area contributed by atoms with Crippen molar-refractivity contribution in [3.05, 3.63) is 60.7 Å². The van der Waals surface area contributed by atoms with E-state index in [1.807, 2.05) is 60.7 Å². The van der Waals surface area contributed by atoms with E-state index in [1.54, 1.807) is 0 Å². The lowest BCUT2D eigenvalue weighted by Gasteiger charge is -2.04. The Morgan fingerprint density at radius 1 is 0.571 bits per heavy atom. The number of nitrogens with one attached hydrogen (secondary N) is 1. The molecule has 0 atom stereocenters. The number of para-hydroxylation sites is 2.